The van der Waals surface area contributed by atoms with E-state index in [1.807, 2.05) is 0 Å². The molecule has 1 aliphatic carbocycles. The molecule has 3 N–H and O–H groups in total. The van der Waals surface area contributed by atoms with E-state index in [0.29, 0.717) is 28.1 Å². The summed E-state index contributed by atoms with van der Waals surface area (Å²) in [5, 5.41) is 3.45. The highest BCUT2D eigenvalue weighted by Gasteiger charge is 2.45. The third-order valence-corrected chi connectivity index (χ3v) is 7.79. The Labute approximate surface area is 207 Å². The van der Waals surface area contributed by atoms with Crippen LogP contribution in [0.1, 0.15) is 56.3 Å². The number of nitrogens with one attached hydrogen (secondary N) is 1. The minimum atomic E-state index is -0.404. The Hall–Kier alpha value is -1.58. The van der Waals surface area contributed by atoms with E-state index in [0.717, 1.165) is 58.4 Å². The van der Waals surface area contributed by atoms with Crippen LogP contribution in [0.25, 0.3) is 0 Å². The van der Waals surface area contributed by atoms with E-state index in [1.165, 1.54) is 7.11 Å². The highest BCUT2D eigenvalue weighted by molar-refractivity contribution is 6.33. The number of benzene rings is 1. The number of amides is 1. The van der Waals surface area contributed by atoms with Crippen molar-refractivity contribution in [2.45, 2.75) is 69.9 Å². The number of carbonyl (C=O) groups is 1. The molecule has 1 aromatic rings. The van der Waals surface area contributed by atoms with Gasteiger partial charge in [0.25, 0.3) is 5.91 Å². The Morgan fingerprint density at radius 3 is 2.47 bits per heavy atom. The van der Waals surface area contributed by atoms with Gasteiger partial charge in [-0.05, 0) is 25.3 Å². The van der Waals surface area contributed by atoms with Crippen LogP contribution in [0.3, 0.4) is 0 Å². The average molecular weight is 496 g/mol. The molecule has 3 aliphatic rings. The lowest BCUT2D eigenvalue weighted by molar-refractivity contribution is -0.312. The Balaban J connectivity index is 1.33. The number of nitrogens with two attached hydrogens (primary N) is 1. The van der Waals surface area contributed by atoms with Gasteiger partial charge in [0.1, 0.15) is 5.75 Å². The zero-order valence-electron chi connectivity index (χ0n) is 20.7. The van der Waals surface area contributed by atoms with E-state index in [-0.39, 0.29) is 23.5 Å². The number of halogens is 1. The first-order chi connectivity index (χ1) is 16.1. The zero-order valence-corrected chi connectivity index (χ0v) is 21.5. The molecule has 2 atom stereocenters. The smallest absolute Gasteiger partial charge is 0.255 e. The number of anilines is 1. The fourth-order valence-corrected chi connectivity index (χ4v) is 5.43. The van der Waals surface area contributed by atoms with Gasteiger partial charge in [-0.2, -0.15) is 0 Å². The summed E-state index contributed by atoms with van der Waals surface area (Å²) >= 11 is 6.15. The van der Waals surface area contributed by atoms with E-state index in [4.69, 9.17) is 36.3 Å². The number of ether oxygens (including phenoxy) is 4. The predicted molar refractivity (Wildman–Crippen MR) is 131 cm³/mol. The summed E-state index contributed by atoms with van der Waals surface area (Å²) < 4.78 is 23.5. The van der Waals surface area contributed by atoms with Crippen molar-refractivity contribution in [2.24, 2.45) is 5.41 Å². The summed E-state index contributed by atoms with van der Waals surface area (Å²) in [7, 11) is 3.21. The first-order valence-electron chi connectivity index (χ1n) is 12.1. The molecule has 4 rings (SSSR count). The minimum absolute atomic E-state index is 0.0851. The summed E-state index contributed by atoms with van der Waals surface area (Å²) in [6.45, 7) is 7.52. The van der Waals surface area contributed by atoms with Crippen molar-refractivity contribution < 1.29 is 23.7 Å². The molecule has 1 amide bonds. The summed E-state index contributed by atoms with van der Waals surface area (Å²) in [6.07, 6.45) is 4.61. The van der Waals surface area contributed by atoms with Crippen molar-refractivity contribution in [1.82, 2.24) is 10.2 Å². The van der Waals surface area contributed by atoms with E-state index in [9.17, 15) is 4.79 Å². The van der Waals surface area contributed by atoms with Crippen molar-refractivity contribution in [3.63, 3.8) is 0 Å². The zero-order chi connectivity index (χ0) is 24.5. The van der Waals surface area contributed by atoms with Crippen LogP contribution in [0.4, 0.5) is 5.69 Å². The number of likely N-dealkylation sites (tertiary alicyclic amines) is 1. The molecule has 1 aromatic carbocycles. The molecule has 0 radical (unpaired) electrons. The van der Waals surface area contributed by atoms with Gasteiger partial charge < -0.3 is 30.0 Å². The Morgan fingerprint density at radius 2 is 1.85 bits per heavy atom. The normalized spacial score (nSPS) is 27.4. The molecular weight excluding hydrogens is 458 g/mol. The van der Waals surface area contributed by atoms with Gasteiger partial charge in [-0.3, -0.25) is 9.69 Å². The van der Waals surface area contributed by atoms with Crippen LogP contribution in [0.5, 0.6) is 5.75 Å². The molecule has 9 heteroatoms. The highest BCUT2D eigenvalue weighted by Crippen LogP contribution is 2.41. The maximum Gasteiger partial charge on any atom is 0.255 e. The molecule has 0 aromatic heterocycles. The van der Waals surface area contributed by atoms with Gasteiger partial charge in [0.15, 0.2) is 5.79 Å². The largest absolute Gasteiger partial charge is 0.496 e. The third kappa shape index (κ3) is 5.46. The monoisotopic (exact) mass is 495 g/mol. The van der Waals surface area contributed by atoms with Gasteiger partial charge in [0, 0.05) is 50.6 Å². The molecule has 1 saturated carbocycles. The van der Waals surface area contributed by atoms with Gasteiger partial charge in [-0.1, -0.05) is 25.4 Å². The van der Waals surface area contributed by atoms with Crippen LogP contribution in [0.15, 0.2) is 12.1 Å². The molecular formula is C25H38ClN3O5. The number of methoxy groups -OCH3 is 2. The van der Waals surface area contributed by atoms with Crippen molar-refractivity contribution in [3.8, 4) is 5.75 Å². The Bertz CT molecular complexity index is 876. The van der Waals surface area contributed by atoms with Crippen molar-refractivity contribution in [1.29, 1.82) is 0 Å². The molecule has 8 nitrogen and oxygen atoms in total. The van der Waals surface area contributed by atoms with Crippen molar-refractivity contribution in [2.75, 3.05) is 46.3 Å². The molecule has 34 heavy (non-hydrogen) atoms. The number of piperidine rings is 1. The first-order valence-corrected chi connectivity index (χ1v) is 12.5. The molecule has 2 heterocycles. The molecule has 3 fully saturated rings. The summed E-state index contributed by atoms with van der Waals surface area (Å²) in [5.74, 6) is -0.246. The van der Waals surface area contributed by atoms with Gasteiger partial charge in [-0.25, -0.2) is 0 Å². The molecule has 0 bridgehead atoms. The number of nitrogen functional groups attached to an aromatic ring is 1. The second-order valence-corrected chi connectivity index (χ2v) is 11.0. The molecule has 1 spiro atoms. The second kappa shape index (κ2) is 10.2. The first kappa shape index (κ1) is 25.5. The number of nitrogens with zero attached hydrogens (tertiary/aromatic N) is 1. The fraction of sp³-hybridized carbons (Fsp3) is 0.720. The fourth-order valence-electron chi connectivity index (χ4n) is 5.27. The van der Waals surface area contributed by atoms with Crippen molar-refractivity contribution >= 4 is 23.2 Å². The minimum Gasteiger partial charge on any atom is -0.496 e. The van der Waals surface area contributed by atoms with Crippen LogP contribution in [0, 0.1) is 5.41 Å². The highest BCUT2D eigenvalue weighted by atomic mass is 35.5. The van der Waals surface area contributed by atoms with Gasteiger partial charge in [0.05, 0.1) is 48.7 Å². The van der Waals surface area contributed by atoms with Crippen LogP contribution < -0.4 is 15.8 Å². The molecule has 2 aliphatic heterocycles. The van der Waals surface area contributed by atoms with E-state index < -0.39 is 5.79 Å². The molecule has 2 saturated heterocycles. The van der Waals surface area contributed by atoms with E-state index in [2.05, 4.69) is 24.1 Å². The number of hydrogen-bond donors (Lipinski definition) is 2. The molecule has 190 valence electrons. The lowest BCUT2D eigenvalue weighted by Crippen LogP contribution is -2.58. The summed E-state index contributed by atoms with van der Waals surface area (Å²) in [5.41, 5.74) is 6.68. The quantitative estimate of drug-likeness (QED) is 0.604. The maximum absolute atomic E-state index is 13.0. The van der Waals surface area contributed by atoms with Crippen molar-refractivity contribution in [3.05, 3.63) is 22.7 Å². The summed E-state index contributed by atoms with van der Waals surface area (Å²) in [4.78, 5) is 15.5. The standard InChI is InChI=1S/C25H38ClN3O5/c1-24(2)14-33-25(34-15-24)8-5-16(6-9-25)29-10-7-20(22(13-29)32-4)28-23(30)17-11-18(26)19(27)12-21(17)31-3/h11-12,16,20,22H,5-10,13-15,27H2,1-4H3,(H,28,30)/t20-,22+/m0/s1. The number of carbonyl (C=O) groups excluding carboxylic acids is 1. The summed E-state index contributed by atoms with van der Waals surface area (Å²) in [6, 6.07) is 3.50. The second-order valence-electron chi connectivity index (χ2n) is 10.6. The van der Waals surface area contributed by atoms with Crippen LogP contribution in [-0.2, 0) is 14.2 Å². The lowest BCUT2D eigenvalue weighted by Gasteiger charge is -2.49. The van der Waals surface area contributed by atoms with Crippen LogP contribution in [0.2, 0.25) is 5.02 Å². The Morgan fingerprint density at radius 1 is 1.18 bits per heavy atom. The number of hydrogen-bond acceptors (Lipinski definition) is 7. The average Bonchev–Trinajstić information content (AvgIpc) is 2.83. The van der Waals surface area contributed by atoms with E-state index >= 15 is 0 Å². The topological polar surface area (TPSA) is 95.3 Å². The van der Waals surface area contributed by atoms with Gasteiger partial charge in [-0.15, -0.1) is 0 Å². The molecule has 0 unspecified atom stereocenters. The lowest BCUT2D eigenvalue weighted by atomic mass is 9.85. The Kier molecular flexibility index (Phi) is 7.64. The third-order valence-electron chi connectivity index (χ3n) is 7.46. The van der Waals surface area contributed by atoms with Crippen LogP contribution in [-0.4, -0.2) is 75.3 Å². The van der Waals surface area contributed by atoms with Gasteiger partial charge >= 0.3 is 0 Å². The van der Waals surface area contributed by atoms with Gasteiger partial charge in [0.2, 0.25) is 0 Å². The number of rotatable bonds is 5. The van der Waals surface area contributed by atoms with E-state index in [1.54, 1.807) is 19.2 Å². The SMILES string of the molecule is COc1cc(N)c(Cl)cc1C(=O)N[C@H]1CCN(C2CCC3(CC2)OCC(C)(C)CO3)C[C@H]1OC. The maximum atomic E-state index is 13.0. The van der Waals surface area contributed by atoms with Crippen LogP contribution >= 0.6 is 11.6 Å². The predicted octanol–water partition coefficient (Wildman–Crippen LogP) is 3.46.